The highest BCUT2D eigenvalue weighted by molar-refractivity contribution is 6.14. The quantitative estimate of drug-likeness (QED) is 0.305. The Kier molecular flexibility index (Phi) is 8.32. The number of hydrogen-bond acceptors (Lipinski definition) is 6. The van der Waals surface area contributed by atoms with Crippen LogP contribution >= 0.6 is 0 Å². The zero-order valence-corrected chi connectivity index (χ0v) is 12.4. The molecule has 0 radical (unpaired) electrons. The Balaban J connectivity index is 1.93. The lowest BCUT2D eigenvalue weighted by Crippen LogP contribution is -2.41. The van der Waals surface area contributed by atoms with Gasteiger partial charge in [-0.2, -0.15) is 0 Å². The van der Waals surface area contributed by atoms with Gasteiger partial charge in [-0.25, -0.2) is 4.79 Å². The van der Waals surface area contributed by atoms with E-state index in [0.29, 0.717) is 13.2 Å². The molecule has 0 saturated carbocycles. The van der Waals surface area contributed by atoms with Crippen LogP contribution in [0, 0.1) is 0 Å². The van der Waals surface area contributed by atoms with Crippen molar-refractivity contribution < 1.29 is 33.8 Å². The van der Waals surface area contributed by atoms with E-state index in [0.717, 1.165) is 17.1 Å². The molecule has 10 nitrogen and oxygen atoms in total. The molecule has 1 heterocycles. The van der Waals surface area contributed by atoms with E-state index in [9.17, 15) is 19.2 Å². The average molecular weight is 329 g/mol. The highest BCUT2D eigenvalue weighted by atomic mass is 16.5. The van der Waals surface area contributed by atoms with Gasteiger partial charge in [0.05, 0.1) is 26.4 Å². The van der Waals surface area contributed by atoms with Gasteiger partial charge in [0.15, 0.2) is 0 Å². The molecule has 0 unspecified atom stereocenters. The Hall–Kier alpha value is -2.46. The molecule has 10 heteroatoms. The summed E-state index contributed by atoms with van der Waals surface area (Å²) in [5, 5.41) is 13.0. The van der Waals surface area contributed by atoms with E-state index in [1.54, 1.807) is 0 Å². The fraction of sp³-hybridized carbons (Fsp3) is 0.538. The van der Waals surface area contributed by atoms with Crippen molar-refractivity contribution in [1.29, 1.82) is 0 Å². The molecule has 1 aliphatic rings. The number of carbonyl (C=O) groups is 4. The Morgan fingerprint density at radius 2 is 1.48 bits per heavy atom. The molecule has 4 amide bonds. The van der Waals surface area contributed by atoms with Crippen LogP contribution in [0.1, 0.15) is 0 Å². The second-order valence-corrected chi connectivity index (χ2v) is 4.40. The molecular formula is C13H19N3O7. The number of nitrogens with one attached hydrogen (secondary N) is 2. The maximum absolute atomic E-state index is 11.5. The summed E-state index contributed by atoms with van der Waals surface area (Å²) < 4.78 is 10.3. The van der Waals surface area contributed by atoms with Crippen LogP contribution in [0.5, 0.6) is 0 Å². The second-order valence-electron chi connectivity index (χ2n) is 4.40. The monoisotopic (exact) mass is 329 g/mol. The molecule has 23 heavy (non-hydrogen) atoms. The number of carboxylic acid groups (broad SMARTS) is 1. The summed E-state index contributed by atoms with van der Waals surface area (Å²) in [4.78, 5) is 45.0. The third-order valence-corrected chi connectivity index (χ3v) is 2.67. The third kappa shape index (κ3) is 7.93. The minimum atomic E-state index is -1.10. The molecule has 0 saturated heterocycles. The van der Waals surface area contributed by atoms with Crippen LogP contribution in [0.3, 0.4) is 0 Å². The molecule has 0 aromatic carbocycles. The average Bonchev–Trinajstić information content (AvgIpc) is 2.80. The molecule has 1 rings (SSSR count). The van der Waals surface area contributed by atoms with Gasteiger partial charge < -0.3 is 25.2 Å². The summed E-state index contributed by atoms with van der Waals surface area (Å²) >= 11 is 0. The predicted octanol–water partition coefficient (Wildman–Crippen LogP) is -1.67. The topological polar surface area (TPSA) is 134 Å². The van der Waals surface area contributed by atoms with Crippen LogP contribution in [0.15, 0.2) is 12.2 Å². The maximum atomic E-state index is 11.5. The summed E-state index contributed by atoms with van der Waals surface area (Å²) in [7, 11) is 0. The third-order valence-electron chi connectivity index (χ3n) is 2.67. The van der Waals surface area contributed by atoms with Crippen LogP contribution in [0.25, 0.3) is 0 Å². The first kappa shape index (κ1) is 18.6. The SMILES string of the molecule is O=C(O)NCCOCCOCCNC(=O)CN1C(=O)C=CC1=O. The number of amides is 4. The minimum Gasteiger partial charge on any atom is -0.465 e. The van der Waals surface area contributed by atoms with E-state index < -0.39 is 23.8 Å². The van der Waals surface area contributed by atoms with Gasteiger partial charge in [0.1, 0.15) is 6.54 Å². The minimum absolute atomic E-state index is 0.203. The van der Waals surface area contributed by atoms with E-state index in [1.165, 1.54) is 0 Å². The summed E-state index contributed by atoms with van der Waals surface area (Å²) in [5.41, 5.74) is 0. The lowest BCUT2D eigenvalue weighted by atomic mass is 10.4. The first-order chi connectivity index (χ1) is 11.0. The normalized spacial score (nSPS) is 13.5. The van der Waals surface area contributed by atoms with Gasteiger partial charge in [0.2, 0.25) is 5.91 Å². The van der Waals surface area contributed by atoms with Crippen molar-refractivity contribution >= 4 is 23.8 Å². The van der Waals surface area contributed by atoms with Crippen LogP contribution in [0.2, 0.25) is 0 Å². The summed E-state index contributed by atoms with van der Waals surface area (Å²) in [6.07, 6.45) is 1.13. The Morgan fingerprint density at radius 1 is 0.957 bits per heavy atom. The van der Waals surface area contributed by atoms with Crippen LogP contribution < -0.4 is 10.6 Å². The van der Waals surface area contributed by atoms with Gasteiger partial charge in [-0.15, -0.1) is 0 Å². The smallest absolute Gasteiger partial charge is 0.404 e. The largest absolute Gasteiger partial charge is 0.465 e. The van der Waals surface area contributed by atoms with Crippen LogP contribution in [-0.2, 0) is 23.9 Å². The fourth-order valence-corrected chi connectivity index (χ4v) is 1.60. The summed E-state index contributed by atoms with van der Waals surface area (Å²) in [6, 6.07) is 0. The predicted molar refractivity (Wildman–Crippen MR) is 76.5 cm³/mol. The van der Waals surface area contributed by atoms with Gasteiger partial charge in [0.25, 0.3) is 11.8 Å². The Labute approximate surface area is 132 Å². The van der Waals surface area contributed by atoms with Crippen molar-refractivity contribution in [3.8, 4) is 0 Å². The molecule has 0 atom stereocenters. The van der Waals surface area contributed by atoms with Gasteiger partial charge >= 0.3 is 6.09 Å². The number of hydrogen-bond donors (Lipinski definition) is 3. The standard InChI is InChI=1S/C13H19N3O7/c17-10(9-16-11(18)1-2-12(16)19)14-3-5-22-7-8-23-6-4-15-13(20)21/h1-2,15H,3-9H2,(H,14,17)(H,20,21). The van der Waals surface area contributed by atoms with Crippen LogP contribution in [-0.4, -0.2) is 79.9 Å². The molecule has 0 aromatic rings. The van der Waals surface area contributed by atoms with Crippen molar-refractivity contribution in [1.82, 2.24) is 15.5 Å². The van der Waals surface area contributed by atoms with E-state index in [-0.39, 0.29) is 32.8 Å². The summed E-state index contributed by atoms with van der Waals surface area (Å²) in [5.74, 6) is -1.46. The van der Waals surface area contributed by atoms with Crippen LogP contribution in [0.4, 0.5) is 4.79 Å². The van der Waals surface area contributed by atoms with E-state index in [4.69, 9.17) is 14.6 Å². The molecule has 1 aliphatic heterocycles. The van der Waals surface area contributed by atoms with Crippen molar-refractivity contribution in [3.63, 3.8) is 0 Å². The van der Waals surface area contributed by atoms with E-state index in [1.807, 2.05) is 0 Å². The lowest BCUT2D eigenvalue weighted by molar-refractivity contribution is -0.141. The van der Waals surface area contributed by atoms with Gasteiger partial charge in [-0.05, 0) is 0 Å². The van der Waals surface area contributed by atoms with Gasteiger partial charge in [0, 0.05) is 25.2 Å². The Bertz CT molecular complexity index is 460. The molecule has 0 spiro atoms. The number of ether oxygens (including phenoxy) is 2. The van der Waals surface area contributed by atoms with E-state index >= 15 is 0 Å². The van der Waals surface area contributed by atoms with Gasteiger partial charge in [-0.3, -0.25) is 19.3 Å². The molecule has 0 aliphatic carbocycles. The highest BCUT2D eigenvalue weighted by Gasteiger charge is 2.25. The maximum Gasteiger partial charge on any atom is 0.404 e. The summed E-state index contributed by atoms with van der Waals surface area (Å²) in [6.45, 7) is 1.23. The van der Waals surface area contributed by atoms with Crippen molar-refractivity contribution in [3.05, 3.63) is 12.2 Å². The zero-order chi connectivity index (χ0) is 17.1. The second kappa shape index (κ2) is 10.3. The number of carbonyl (C=O) groups excluding carboxylic acids is 3. The lowest BCUT2D eigenvalue weighted by Gasteiger charge is -2.13. The fourth-order valence-electron chi connectivity index (χ4n) is 1.60. The highest BCUT2D eigenvalue weighted by Crippen LogP contribution is 2.01. The van der Waals surface area contributed by atoms with Crippen molar-refractivity contribution in [2.24, 2.45) is 0 Å². The van der Waals surface area contributed by atoms with Gasteiger partial charge in [-0.1, -0.05) is 0 Å². The molecular weight excluding hydrogens is 310 g/mol. The first-order valence-electron chi connectivity index (χ1n) is 6.93. The van der Waals surface area contributed by atoms with E-state index in [2.05, 4.69) is 10.6 Å². The Morgan fingerprint density at radius 3 is 2.00 bits per heavy atom. The zero-order valence-electron chi connectivity index (χ0n) is 12.4. The number of nitrogens with zero attached hydrogens (tertiary/aromatic N) is 1. The molecule has 3 N–H and O–H groups in total. The first-order valence-corrected chi connectivity index (χ1v) is 6.93. The molecule has 0 aromatic heterocycles. The molecule has 128 valence electrons. The molecule has 0 fully saturated rings. The number of imide groups is 1. The van der Waals surface area contributed by atoms with Crippen molar-refractivity contribution in [2.75, 3.05) is 46.1 Å². The number of rotatable bonds is 11. The molecule has 0 bridgehead atoms. The van der Waals surface area contributed by atoms with Crippen molar-refractivity contribution in [2.45, 2.75) is 0 Å².